The van der Waals surface area contributed by atoms with Crippen LogP contribution in [0.15, 0.2) is 66.7 Å². The highest BCUT2D eigenvalue weighted by Crippen LogP contribution is 2.35. The van der Waals surface area contributed by atoms with E-state index in [2.05, 4.69) is 5.32 Å². The van der Waals surface area contributed by atoms with Crippen LogP contribution in [0.1, 0.15) is 53.4 Å². The third-order valence-corrected chi connectivity index (χ3v) is 7.12. The van der Waals surface area contributed by atoms with E-state index in [4.69, 9.17) is 21.1 Å². The van der Waals surface area contributed by atoms with E-state index in [-0.39, 0.29) is 12.3 Å². The molecule has 1 saturated heterocycles. The number of carbonyl (C=O) groups excluding carboxylic acids is 1. The Morgan fingerprint density at radius 3 is 2.45 bits per heavy atom. The van der Waals surface area contributed by atoms with Crippen molar-refractivity contribution in [3.63, 3.8) is 0 Å². The summed E-state index contributed by atoms with van der Waals surface area (Å²) in [5.41, 5.74) is 3.82. The molecule has 4 rings (SSSR count). The number of benzene rings is 3. The second-order valence-corrected chi connectivity index (χ2v) is 9.82. The number of aliphatic hydroxyl groups excluding tert-OH is 3. The summed E-state index contributed by atoms with van der Waals surface area (Å²) in [4.78, 5) is 12.0. The molecule has 202 valence electrons. The molecular formula is C30H34ClNO6. The van der Waals surface area contributed by atoms with Crippen LogP contribution in [0.4, 0.5) is 5.69 Å². The summed E-state index contributed by atoms with van der Waals surface area (Å²) in [7, 11) is 0. The standard InChI is InChI=1S/C30H34ClNO6/c1-3-25(33)19-6-5-7-22(16-19)32-17-26-27(34)28(35)29(36)30(38-26)20-10-13-24(31)21(15-20)14-18-8-11-23(12-9-18)37-4-2/h5-13,15-16,26-30,32,34-36H,3-4,14,17H2,1-2H3/t26-,27-,28+,29-,30+/m1/s1. The summed E-state index contributed by atoms with van der Waals surface area (Å²) in [5, 5.41) is 35.8. The lowest BCUT2D eigenvalue weighted by atomic mass is 9.90. The van der Waals surface area contributed by atoms with Crippen LogP contribution in [0.3, 0.4) is 0 Å². The summed E-state index contributed by atoms with van der Waals surface area (Å²) >= 11 is 6.49. The first-order chi connectivity index (χ1) is 18.3. The first-order valence-corrected chi connectivity index (χ1v) is 13.2. The molecular weight excluding hydrogens is 506 g/mol. The Balaban J connectivity index is 1.49. The lowest BCUT2D eigenvalue weighted by Crippen LogP contribution is -2.56. The molecule has 0 aromatic heterocycles. The number of Topliss-reactive ketones (excluding diaryl/α,β-unsaturated/α-hetero) is 1. The smallest absolute Gasteiger partial charge is 0.162 e. The number of rotatable bonds is 10. The maximum atomic E-state index is 12.0. The van der Waals surface area contributed by atoms with Crippen LogP contribution in [0, 0.1) is 0 Å². The van der Waals surface area contributed by atoms with E-state index in [1.165, 1.54) is 0 Å². The van der Waals surface area contributed by atoms with Crippen LogP contribution in [-0.4, -0.2) is 58.7 Å². The van der Waals surface area contributed by atoms with E-state index in [1.807, 2.05) is 50.2 Å². The van der Waals surface area contributed by atoms with E-state index in [0.29, 0.717) is 41.3 Å². The van der Waals surface area contributed by atoms with Gasteiger partial charge in [0.2, 0.25) is 0 Å². The third kappa shape index (κ3) is 6.54. The second kappa shape index (κ2) is 12.7. The first-order valence-electron chi connectivity index (χ1n) is 12.9. The van der Waals surface area contributed by atoms with Gasteiger partial charge in [0.1, 0.15) is 36.3 Å². The summed E-state index contributed by atoms with van der Waals surface area (Å²) in [6, 6.07) is 20.2. The average Bonchev–Trinajstić information content (AvgIpc) is 2.93. The van der Waals surface area contributed by atoms with Gasteiger partial charge in [-0.1, -0.05) is 54.9 Å². The lowest BCUT2D eigenvalue weighted by Gasteiger charge is -2.41. The second-order valence-electron chi connectivity index (χ2n) is 9.41. The quantitative estimate of drug-likeness (QED) is 0.280. The van der Waals surface area contributed by atoms with Gasteiger partial charge in [0, 0.05) is 29.2 Å². The van der Waals surface area contributed by atoms with Gasteiger partial charge in [-0.3, -0.25) is 4.79 Å². The molecule has 4 N–H and O–H groups in total. The predicted molar refractivity (Wildman–Crippen MR) is 147 cm³/mol. The van der Waals surface area contributed by atoms with Gasteiger partial charge in [0.25, 0.3) is 0 Å². The Morgan fingerprint density at radius 2 is 1.74 bits per heavy atom. The van der Waals surface area contributed by atoms with Crippen LogP contribution < -0.4 is 10.1 Å². The molecule has 0 saturated carbocycles. The molecule has 1 heterocycles. The van der Waals surface area contributed by atoms with Crippen molar-refractivity contribution in [1.29, 1.82) is 0 Å². The van der Waals surface area contributed by atoms with Crippen molar-refractivity contribution < 1.29 is 29.6 Å². The largest absolute Gasteiger partial charge is 0.494 e. The third-order valence-electron chi connectivity index (χ3n) is 6.75. The molecule has 7 nitrogen and oxygen atoms in total. The Bertz CT molecular complexity index is 1230. The number of hydrogen-bond donors (Lipinski definition) is 4. The monoisotopic (exact) mass is 539 g/mol. The first kappa shape index (κ1) is 28.1. The van der Waals surface area contributed by atoms with Crippen molar-refractivity contribution >= 4 is 23.1 Å². The van der Waals surface area contributed by atoms with Gasteiger partial charge in [0.15, 0.2) is 5.78 Å². The molecule has 0 amide bonds. The highest BCUT2D eigenvalue weighted by Gasteiger charge is 2.44. The predicted octanol–water partition coefficient (Wildman–Crippen LogP) is 4.56. The number of halogens is 1. The summed E-state index contributed by atoms with van der Waals surface area (Å²) in [6.07, 6.45) is -4.75. The molecule has 8 heteroatoms. The zero-order valence-electron chi connectivity index (χ0n) is 21.5. The van der Waals surface area contributed by atoms with Crippen molar-refractivity contribution in [2.75, 3.05) is 18.5 Å². The summed E-state index contributed by atoms with van der Waals surface area (Å²) in [5.74, 6) is 0.829. The number of carbonyl (C=O) groups is 1. The van der Waals surface area contributed by atoms with Crippen LogP contribution in [-0.2, 0) is 11.2 Å². The maximum absolute atomic E-state index is 12.0. The number of ether oxygens (including phenoxy) is 2. The maximum Gasteiger partial charge on any atom is 0.162 e. The Labute approximate surface area is 228 Å². The highest BCUT2D eigenvalue weighted by atomic mass is 35.5. The van der Waals surface area contributed by atoms with Crippen molar-refractivity contribution in [1.82, 2.24) is 0 Å². The van der Waals surface area contributed by atoms with E-state index in [9.17, 15) is 20.1 Å². The minimum Gasteiger partial charge on any atom is -0.494 e. The normalized spacial score (nSPS) is 23.2. The topological polar surface area (TPSA) is 108 Å². The molecule has 0 bridgehead atoms. The van der Waals surface area contributed by atoms with Gasteiger partial charge >= 0.3 is 0 Å². The molecule has 3 aromatic rings. The lowest BCUT2D eigenvalue weighted by molar-refractivity contribution is -0.220. The van der Waals surface area contributed by atoms with Gasteiger partial charge in [-0.2, -0.15) is 0 Å². The minimum absolute atomic E-state index is 0.0324. The van der Waals surface area contributed by atoms with Gasteiger partial charge in [0.05, 0.1) is 6.61 Å². The molecule has 0 unspecified atom stereocenters. The number of hydrogen-bond acceptors (Lipinski definition) is 7. The van der Waals surface area contributed by atoms with Gasteiger partial charge < -0.3 is 30.1 Å². The molecule has 0 radical (unpaired) electrons. The number of anilines is 1. The number of aliphatic hydroxyl groups is 3. The average molecular weight is 540 g/mol. The molecule has 5 atom stereocenters. The fraction of sp³-hybridized carbons (Fsp3) is 0.367. The van der Waals surface area contributed by atoms with E-state index < -0.39 is 30.5 Å². The molecule has 0 spiro atoms. The van der Waals surface area contributed by atoms with Gasteiger partial charge in [-0.05, 0) is 60.4 Å². The summed E-state index contributed by atoms with van der Waals surface area (Å²) in [6.45, 7) is 4.50. The number of ketones is 1. The zero-order valence-corrected chi connectivity index (χ0v) is 22.3. The SMILES string of the molecule is CCOc1ccc(Cc2cc([C@@H]3O[C@H](CNc4cccc(C(=O)CC)c4)[C@@H](O)[C@H](O)[C@H]3O)ccc2Cl)cc1. The fourth-order valence-corrected chi connectivity index (χ4v) is 4.80. The molecule has 1 fully saturated rings. The fourth-order valence-electron chi connectivity index (χ4n) is 4.62. The van der Waals surface area contributed by atoms with Gasteiger partial charge in [-0.25, -0.2) is 0 Å². The number of nitrogens with one attached hydrogen (secondary N) is 1. The Kier molecular flexibility index (Phi) is 9.41. The van der Waals surface area contributed by atoms with E-state index >= 15 is 0 Å². The molecule has 3 aromatic carbocycles. The minimum atomic E-state index is -1.40. The zero-order chi connectivity index (χ0) is 27.2. The van der Waals surface area contributed by atoms with Crippen molar-refractivity contribution in [3.8, 4) is 5.75 Å². The van der Waals surface area contributed by atoms with E-state index in [1.54, 1.807) is 30.3 Å². The van der Waals surface area contributed by atoms with Crippen molar-refractivity contribution in [2.45, 2.75) is 57.2 Å². The Morgan fingerprint density at radius 1 is 0.974 bits per heavy atom. The van der Waals surface area contributed by atoms with E-state index in [0.717, 1.165) is 16.9 Å². The molecule has 38 heavy (non-hydrogen) atoms. The Hall–Kier alpha value is -2.94. The van der Waals surface area contributed by atoms with Crippen LogP contribution in [0.5, 0.6) is 5.75 Å². The van der Waals surface area contributed by atoms with Crippen molar-refractivity contribution in [3.05, 3.63) is 94.0 Å². The molecule has 1 aliphatic heterocycles. The van der Waals surface area contributed by atoms with Gasteiger partial charge in [-0.15, -0.1) is 0 Å². The van der Waals surface area contributed by atoms with Crippen LogP contribution in [0.2, 0.25) is 5.02 Å². The van der Waals surface area contributed by atoms with Crippen LogP contribution >= 0.6 is 11.6 Å². The van der Waals surface area contributed by atoms with Crippen LogP contribution in [0.25, 0.3) is 0 Å². The molecule has 0 aliphatic carbocycles. The van der Waals surface area contributed by atoms with Crippen molar-refractivity contribution in [2.24, 2.45) is 0 Å². The highest BCUT2D eigenvalue weighted by molar-refractivity contribution is 6.31. The summed E-state index contributed by atoms with van der Waals surface area (Å²) < 4.78 is 11.6. The molecule has 1 aliphatic rings.